The quantitative estimate of drug-likeness (QED) is 0.465. The number of rotatable bonds is 6. The topological polar surface area (TPSA) is 60.2 Å². The predicted molar refractivity (Wildman–Crippen MR) is 72.9 cm³/mol. The van der Waals surface area contributed by atoms with Crippen LogP contribution in [0.25, 0.3) is 10.9 Å². The second kappa shape index (κ2) is 6.44. The van der Waals surface area contributed by atoms with E-state index in [0.717, 1.165) is 29.5 Å². The number of hydrazine groups is 1. The largest absolute Gasteiger partial charge is 0.379 e. The highest BCUT2D eigenvalue weighted by molar-refractivity contribution is 5.82. The summed E-state index contributed by atoms with van der Waals surface area (Å²) in [6.07, 6.45) is 2.80. The average molecular weight is 245 g/mol. The number of hydrogen-bond donors (Lipinski definition) is 2. The van der Waals surface area contributed by atoms with Crippen LogP contribution in [0.3, 0.4) is 0 Å². The Kier molecular flexibility index (Phi) is 4.64. The second-order valence-corrected chi connectivity index (χ2v) is 4.21. The summed E-state index contributed by atoms with van der Waals surface area (Å²) in [6.45, 7) is 3.41. The molecule has 96 valence electrons. The summed E-state index contributed by atoms with van der Waals surface area (Å²) in [5.41, 5.74) is 4.92. The first-order valence-electron chi connectivity index (χ1n) is 6.24. The Hall–Kier alpha value is -1.49. The standard InChI is InChI=1S/C14H19N3O/c1-2-9-18-10-14(17-15)12-5-3-7-13-11(12)6-4-8-16-13/h3-8,14,17H,2,9-10,15H2,1H3. The highest BCUT2D eigenvalue weighted by Crippen LogP contribution is 2.22. The molecule has 2 rings (SSSR count). The van der Waals surface area contributed by atoms with E-state index in [2.05, 4.69) is 29.5 Å². The molecule has 0 amide bonds. The first kappa shape index (κ1) is 13.0. The van der Waals surface area contributed by atoms with E-state index >= 15 is 0 Å². The lowest BCUT2D eigenvalue weighted by atomic mass is 10.0. The van der Waals surface area contributed by atoms with Crippen LogP contribution in [0.4, 0.5) is 0 Å². The zero-order chi connectivity index (χ0) is 12.8. The molecule has 1 heterocycles. The number of benzene rings is 1. The van der Waals surface area contributed by atoms with Crippen molar-refractivity contribution in [2.24, 2.45) is 5.84 Å². The van der Waals surface area contributed by atoms with Gasteiger partial charge < -0.3 is 4.74 Å². The summed E-state index contributed by atoms with van der Waals surface area (Å²) in [6, 6.07) is 10.0. The zero-order valence-electron chi connectivity index (χ0n) is 10.6. The fraction of sp³-hybridized carbons (Fsp3) is 0.357. The average Bonchev–Trinajstić information content (AvgIpc) is 2.43. The van der Waals surface area contributed by atoms with Gasteiger partial charge in [0.1, 0.15) is 0 Å². The van der Waals surface area contributed by atoms with Crippen molar-refractivity contribution in [1.82, 2.24) is 10.4 Å². The first-order chi connectivity index (χ1) is 8.86. The molecule has 0 radical (unpaired) electrons. The van der Waals surface area contributed by atoms with Crippen LogP contribution in [-0.2, 0) is 4.74 Å². The third-order valence-electron chi connectivity index (χ3n) is 2.89. The van der Waals surface area contributed by atoms with Crippen LogP contribution < -0.4 is 11.3 Å². The van der Waals surface area contributed by atoms with E-state index in [1.807, 2.05) is 18.2 Å². The van der Waals surface area contributed by atoms with Crippen LogP contribution in [0, 0.1) is 0 Å². The molecule has 18 heavy (non-hydrogen) atoms. The van der Waals surface area contributed by atoms with Crippen molar-refractivity contribution in [1.29, 1.82) is 0 Å². The monoisotopic (exact) mass is 245 g/mol. The van der Waals surface area contributed by atoms with Crippen molar-refractivity contribution >= 4 is 10.9 Å². The maximum absolute atomic E-state index is 5.63. The molecule has 4 nitrogen and oxygen atoms in total. The Labute approximate surface area is 107 Å². The third kappa shape index (κ3) is 2.85. The molecule has 0 spiro atoms. The van der Waals surface area contributed by atoms with Gasteiger partial charge in [-0.15, -0.1) is 0 Å². The number of aromatic nitrogens is 1. The fourth-order valence-corrected chi connectivity index (χ4v) is 2.00. The summed E-state index contributed by atoms with van der Waals surface area (Å²) in [7, 11) is 0. The van der Waals surface area contributed by atoms with Gasteiger partial charge in [0.15, 0.2) is 0 Å². The Morgan fingerprint density at radius 2 is 2.22 bits per heavy atom. The normalized spacial score (nSPS) is 12.8. The van der Waals surface area contributed by atoms with Gasteiger partial charge in [-0.2, -0.15) is 0 Å². The molecule has 0 saturated carbocycles. The van der Waals surface area contributed by atoms with Gasteiger partial charge in [-0.25, -0.2) is 0 Å². The molecule has 1 aromatic heterocycles. The van der Waals surface area contributed by atoms with Crippen molar-refractivity contribution in [3.8, 4) is 0 Å². The number of hydrogen-bond acceptors (Lipinski definition) is 4. The molecule has 2 aromatic rings. The van der Waals surface area contributed by atoms with Gasteiger partial charge in [-0.05, 0) is 24.1 Å². The highest BCUT2D eigenvalue weighted by Gasteiger charge is 2.12. The molecule has 0 aliphatic heterocycles. The Balaban J connectivity index is 2.27. The molecule has 0 aliphatic rings. The van der Waals surface area contributed by atoms with Crippen LogP contribution in [-0.4, -0.2) is 18.2 Å². The second-order valence-electron chi connectivity index (χ2n) is 4.21. The van der Waals surface area contributed by atoms with E-state index in [4.69, 9.17) is 10.6 Å². The van der Waals surface area contributed by atoms with Crippen molar-refractivity contribution in [2.45, 2.75) is 19.4 Å². The minimum atomic E-state index is -0.00977. The molecular formula is C14H19N3O. The van der Waals surface area contributed by atoms with E-state index < -0.39 is 0 Å². The maximum Gasteiger partial charge on any atom is 0.0705 e. The van der Waals surface area contributed by atoms with Gasteiger partial charge in [0.25, 0.3) is 0 Å². The van der Waals surface area contributed by atoms with E-state index in [0.29, 0.717) is 6.61 Å². The minimum absolute atomic E-state index is 0.00977. The molecule has 4 heteroatoms. The molecule has 1 aromatic carbocycles. The number of fused-ring (bicyclic) bond motifs is 1. The summed E-state index contributed by atoms with van der Waals surface area (Å²) in [5, 5.41) is 1.11. The zero-order valence-corrected chi connectivity index (χ0v) is 10.6. The minimum Gasteiger partial charge on any atom is -0.379 e. The summed E-state index contributed by atoms with van der Waals surface area (Å²) in [5.74, 6) is 5.63. The maximum atomic E-state index is 5.63. The van der Waals surface area contributed by atoms with Crippen LogP contribution >= 0.6 is 0 Å². The predicted octanol–water partition coefficient (Wildman–Crippen LogP) is 2.17. The van der Waals surface area contributed by atoms with Gasteiger partial charge in [-0.1, -0.05) is 25.1 Å². The van der Waals surface area contributed by atoms with E-state index in [9.17, 15) is 0 Å². The molecule has 0 bridgehead atoms. The summed E-state index contributed by atoms with van der Waals surface area (Å²) in [4.78, 5) is 4.35. The molecular weight excluding hydrogens is 226 g/mol. The third-order valence-corrected chi connectivity index (χ3v) is 2.89. The van der Waals surface area contributed by atoms with Gasteiger partial charge in [-0.3, -0.25) is 16.3 Å². The number of nitrogens with zero attached hydrogens (tertiary/aromatic N) is 1. The SMILES string of the molecule is CCCOCC(NN)c1cccc2ncccc12. The van der Waals surface area contributed by atoms with Crippen LogP contribution in [0.15, 0.2) is 36.5 Å². The molecule has 1 atom stereocenters. The van der Waals surface area contributed by atoms with Crippen LogP contribution in [0.5, 0.6) is 0 Å². The van der Waals surface area contributed by atoms with E-state index in [1.54, 1.807) is 6.20 Å². The summed E-state index contributed by atoms with van der Waals surface area (Å²) >= 11 is 0. The molecule has 0 fully saturated rings. The highest BCUT2D eigenvalue weighted by atomic mass is 16.5. The molecule has 3 N–H and O–H groups in total. The van der Waals surface area contributed by atoms with Gasteiger partial charge in [0.05, 0.1) is 18.2 Å². The number of ether oxygens (including phenoxy) is 1. The Bertz CT molecular complexity index is 496. The van der Waals surface area contributed by atoms with Gasteiger partial charge >= 0.3 is 0 Å². The Morgan fingerprint density at radius 1 is 1.33 bits per heavy atom. The lowest BCUT2D eigenvalue weighted by Gasteiger charge is -2.18. The molecule has 0 saturated heterocycles. The van der Waals surface area contributed by atoms with Gasteiger partial charge in [0, 0.05) is 18.2 Å². The fourth-order valence-electron chi connectivity index (χ4n) is 2.00. The lowest BCUT2D eigenvalue weighted by Crippen LogP contribution is -2.31. The first-order valence-corrected chi connectivity index (χ1v) is 6.24. The van der Waals surface area contributed by atoms with Gasteiger partial charge in [0.2, 0.25) is 0 Å². The molecule has 1 unspecified atom stereocenters. The van der Waals surface area contributed by atoms with Crippen molar-refractivity contribution < 1.29 is 4.74 Å². The number of pyridine rings is 1. The summed E-state index contributed by atoms with van der Waals surface area (Å²) < 4.78 is 5.58. The smallest absolute Gasteiger partial charge is 0.0705 e. The van der Waals surface area contributed by atoms with Crippen LogP contribution in [0.1, 0.15) is 24.9 Å². The lowest BCUT2D eigenvalue weighted by molar-refractivity contribution is 0.112. The number of nitrogens with one attached hydrogen (secondary N) is 1. The van der Waals surface area contributed by atoms with E-state index in [1.165, 1.54) is 0 Å². The number of nitrogens with two attached hydrogens (primary N) is 1. The van der Waals surface area contributed by atoms with Crippen molar-refractivity contribution in [2.75, 3.05) is 13.2 Å². The van der Waals surface area contributed by atoms with E-state index in [-0.39, 0.29) is 6.04 Å². The van der Waals surface area contributed by atoms with Crippen LogP contribution in [0.2, 0.25) is 0 Å². The van der Waals surface area contributed by atoms with Crippen molar-refractivity contribution in [3.63, 3.8) is 0 Å². The Morgan fingerprint density at radius 3 is 3.00 bits per heavy atom. The molecule has 0 aliphatic carbocycles. The van der Waals surface area contributed by atoms with Crippen molar-refractivity contribution in [3.05, 3.63) is 42.1 Å².